The molecule has 106 valence electrons. The van der Waals surface area contributed by atoms with Crippen LogP contribution in [0.15, 0.2) is 40.9 Å². The maximum absolute atomic E-state index is 10.5. The van der Waals surface area contributed by atoms with E-state index in [1.54, 1.807) is 34.0 Å². The molecule has 2 heterocycles. The van der Waals surface area contributed by atoms with E-state index in [1.165, 1.54) is 0 Å². The molecule has 21 heavy (non-hydrogen) atoms. The van der Waals surface area contributed by atoms with E-state index >= 15 is 0 Å². The second-order valence-electron chi connectivity index (χ2n) is 4.11. The highest BCUT2D eigenvalue weighted by atomic mass is 32.2. The van der Waals surface area contributed by atoms with Crippen molar-refractivity contribution in [3.05, 3.63) is 42.2 Å². The maximum atomic E-state index is 10.5. The molecule has 0 N–H and O–H groups in total. The van der Waals surface area contributed by atoms with Crippen LogP contribution in [0.3, 0.4) is 0 Å². The Morgan fingerprint density at radius 2 is 2.05 bits per heavy atom. The first-order valence-electron chi connectivity index (χ1n) is 6.22. The minimum atomic E-state index is 0.349. The number of aryl methyl sites for hydroxylation is 1. The average molecular weight is 317 g/mol. The van der Waals surface area contributed by atoms with Crippen LogP contribution in [0.4, 0.5) is 0 Å². The predicted molar refractivity (Wildman–Crippen MR) is 81.5 cm³/mol. The van der Waals surface area contributed by atoms with Crippen molar-refractivity contribution in [1.82, 2.24) is 25.2 Å². The molecule has 0 saturated carbocycles. The van der Waals surface area contributed by atoms with Gasteiger partial charge in [-0.15, -0.1) is 15.3 Å². The van der Waals surface area contributed by atoms with Gasteiger partial charge in [-0.25, -0.2) is 0 Å². The number of carbonyl (C=O) groups is 1. The van der Waals surface area contributed by atoms with Crippen LogP contribution in [-0.4, -0.2) is 37.2 Å². The first-order valence-corrected chi connectivity index (χ1v) is 8.02. The van der Waals surface area contributed by atoms with Crippen LogP contribution < -0.4 is 0 Å². The highest BCUT2D eigenvalue weighted by Crippen LogP contribution is 2.29. The highest BCUT2D eigenvalue weighted by Gasteiger charge is 2.07. The number of benzene rings is 1. The van der Waals surface area contributed by atoms with E-state index in [0.717, 1.165) is 20.7 Å². The number of thioether (sulfide) groups is 1. The number of aromatic nitrogens is 5. The summed E-state index contributed by atoms with van der Waals surface area (Å²) in [6.45, 7) is 0.672. The Morgan fingerprint density at radius 3 is 2.81 bits per heavy atom. The minimum Gasteiger partial charge on any atom is -0.296 e. The fraction of sp³-hybridized carbons (Fsp3) is 0.154. The molecular formula is C13H11N5OS2. The zero-order chi connectivity index (χ0) is 14.5. The molecule has 2 aromatic heterocycles. The zero-order valence-corrected chi connectivity index (χ0v) is 12.5. The smallest absolute Gasteiger partial charge is 0.174 e. The fourth-order valence-electron chi connectivity index (χ4n) is 1.67. The molecule has 0 unspecified atom stereocenters. The lowest BCUT2D eigenvalue weighted by Gasteiger charge is -1.97. The van der Waals surface area contributed by atoms with Crippen LogP contribution in [0.5, 0.6) is 0 Å². The summed E-state index contributed by atoms with van der Waals surface area (Å²) in [5.41, 5.74) is 1.43. The number of carbonyl (C=O) groups excluding carboxylic acids is 1. The third-order valence-electron chi connectivity index (χ3n) is 2.65. The quantitative estimate of drug-likeness (QED) is 0.513. The molecule has 0 aliphatic heterocycles. The first kappa shape index (κ1) is 13.9. The standard InChI is InChI=1S/C13H11N5OS2/c19-9-11-8-18(17-14-11)6-7-20-13-16-15-12(21-13)10-4-2-1-3-5-10/h1-5,8-9H,6-7H2. The Hall–Kier alpha value is -2.06. The monoisotopic (exact) mass is 317 g/mol. The van der Waals surface area contributed by atoms with Crippen molar-refractivity contribution in [2.45, 2.75) is 10.9 Å². The molecule has 0 fully saturated rings. The van der Waals surface area contributed by atoms with Crippen LogP contribution in [0.25, 0.3) is 10.6 Å². The van der Waals surface area contributed by atoms with Gasteiger partial charge in [-0.1, -0.05) is 58.6 Å². The van der Waals surface area contributed by atoms with Gasteiger partial charge >= 0.3 is 0 Å². The molecule has 3 rings (SSSR count). The Kier molecular flexibility index (Phi) is 4.37. The van der Waals surface area contributed by atoms with E-state index in [-0.39, 0.29) is 0 Å². The molecule has 0 amide bonds. The second kappa shape index (κ2) is 6.59. The lowest BCUT2D eigenvalue weighted by molar-refractivity contribution is 0.111. The predicted octanol–water partition coefficient (Wildman–Crippen LogP) is 2.40. The topological polar surface area (TPSA) is 73.6 Å². The maximum Gasteiger partial charge on any atom is 0.174 e. The van der Waals surface area contributed by atoms with Crippen LogP contribution in [0.1, 0.15) is 10.5 Å². The molecule has 1 aromatic carbocycles. The van der Waals surface area contributed by atoms with E-state index in [0.29, 0.717) is 18.5 Å². The van der Waals surface area contributed by atoms with Crippen LogP contribution in [-0.2, 0) is 6.54 Å². The summed E-state index contributed by atoms with van der Waals surface area (Å²) in [5, 5.41) is 16.9. The summed E-state index contributed by atoms with van der Waals surface area (Å²) in [5.74, 6) is 0.797. The van der Waals surface area contributed by atoms with E-state index in [9.17, 15) is 4.79 Å². The molecule has 3 aromatic rings. The molecular weight excluding hydrogens is 306 g/mol. The highest BCUT2D eigenvalue weighted by molar-refractivity contribution is 8.01. The Morgan fingerprint density at radius 1 is 1.19 bits per heavy atom. The van der Waals surface area contributed by atoms with Crippen molar-refractivity contribution >= 4 is 29.4 Å². The Bertz CT molecular complexity index is 725. The summed E-state index contributed by atoms with van der Waals surface area (Å²) in [7, 11) is 0. The van der Waals surface area contributed by atoms with E-state index in [4.69, 9.17) is 0 Å². The van der Waals surface area contributed by atoms with Crippen molar-refractivity contribution in [2.75, 3.05) is 5.75 Å². The molecule has 0 aliphatic carbocycles. The zero-order valence-electron chi connectivity index (χ0n) is 10.9. The van der Waals surface area contributed by atoms with Gasteiger partial charge in [-0.2, -0.15) is 0 Å². The van der Waals surface area contributed by atoms with E-state index in [1.807, 2.05) is 30.3 Å². The third kappa shape index (κ3) is 3.53. The summed E-state index contributed by atoms with van der Waals surface area (Å²) >= 11 is 3.19. The minimum absolute atomic E-state index is 0.349. The SMILES string of the molecule is O=Cc1cn(CCSc2nnc(-c3ccccc3)s2)nn1. The number of nitrogens with zero attached hydrogens (tertiary/aromatic N) is 5. The Balaban J connectivity index is 1.56. The van der Waals surface area contributed by atoms with Gasteiger partial charge in [-0.05, 0) is 0 Å². The van der Waals surface area contributed by atoms with Gasteiger partial charge in [0.05, 0.1) is 12.7 Å². The van der Waals surface area contributed by atoms with Gasteiger partial charge in [0.15, 0.2) is 10.6 Å². The van der Waals surface area contributed by atoms with Crippen LogP contribution >= 0.6 is 23.1 Å². The molecule has 0 atom stereocenters. The fourth-order valence-corrected chi connectivity index (χ4v) is 3.53. The van der Waals surface area contributed by atoms with Gasteiger partial charge in [0.2, 0.25) is 0 Å². The van der Waals surface area contributed by atoms with Gasteiger partial charge < -0.3 is 0 Å². The van der Waals surface area contributed by atoms with Crippen LogP contribution in [0.2, 0.25) is 0 Å². The Labute approximate surface area is 129 Å². The number of hydrogen-bond acceptors (Lipinski definition) is 7. The third-order valence-corrected chi connectivity index (χ3v) is 4.74. The molecule has 0 bridgehead atoms. The second-order valence-corrected chi connectivity index (χ2v) is 6.43. The molecule has 0 saturated heterocycles. The molecule has 8 heteroatoms. The van der Waals surface area contributed by atoms with Crippen molar-refractivity contribution < 1.29 is 4.79 Å². The number of rotatable bonds is 6. The summed E-state index contributed by atoms with van der Waals surface area (Å²) in [6, 6.07) is 9.99. The molecule has 6 nitrogen and oxygen atoms in total. The van der Waals surface area contributed by atoms with Gasteiger partial charge in [-0.3, -0.25) is 9.48 Å². The number of hydrogen-bond donors (Lipinski definition) is 0. The lowest BCUT2D eigenvalue weighted by atomic mass is 10.2. The largest absolute Gasteiger partial charge is 0.296 e. The normalized spacial score (nSPS) is 10.7. The van der Waals surface area contributed by atoms with Crippen LogP contribution in [0, 0.1) is 0 Å². The van der Waals surface area contributed by atoms with Gasteiger partial charge in [0, 0.05) is 11.3 Å². The van der Waals surface area contributed by atoms with Crippen molar-refractivity contribution in [3.63, 3.8) is 0 Å². The average Bonchev–Trinajstić information content (AvgIpc) is 3.17. The molecule has 0 radical (unpaired) electrons. The van der Waals surface area contributed by atoms with E-state index in [2.05, 4.69) is 20.5 Å². The molecule has 0 aliphatic rings. The lowest BCUT2D eigenvalue weighted by Crippen LogP contribution is -2.00. The molecule has 0 spiro atoms. The van der Waals surface area contributed by atoms with Crippen molar-refractivity contribution in [1.29, 1.82) is 0 Å². The van der Waals surface area contributed by atoms with Crippen molar-refractivity contribution in [2.24, 2.45) is 0 Å². The summed E-state index contributed by atoms with van der Waals surface area (Å²) < 4.78 is 2.57. The van der Waals surface area contributed by atoms with E-state index < -0.39 is 0 Å². The van der Waals surface area contributed by atoms with Gasteiger partial charge in [0.1, 0.15) is 10.7 Å². The van der Waals surface area contributed by atoms with Crippen molar-refractivity contribution in [3.8, 4) is 10.6 Å². The number of aldehydes is 1. The van der Waals surface area contributed by atoms with Gasteiger partial charge in [0.25, 0.3) is 0 Å². The first-order chi connectivity index (χ1) is 10.3. The summed E-state index contributed by atoms with van der Waals surface area (Å²) in [6.07, 6.45) is 2.32. The summed E-state index contributed by atoms with van der Waals surface area (Å²) in [4.78, 5) is 10.5.